The zero-order chi connectivity index (χ0) is 13.7. The third-order valence-corrected chi connectivity index (χ3v) is 2.82. The number of esters is 1. The Labute approximate surface area is 116 Å². The maximum atomic E-state index is 11.4. The molecule has 4 nitrogen and oxygen atoms in total. The summed E-state index contributed by atoms with van der Waals surface area (Å²) >= 11 is 5.82. The van der Waals surface area contributed by atoms with Crippen LogP contribution in [-0.4, -0.2) is 18.1 Å². The topological polar surface area (TPSA) is 51.2 Å². The molecular weight excluding hydrogens is 264 g/mol. The Hall–Kier alpha value is -2.07. The molecule has 0 bridgehead atoms. The number of pyridine rings is 1. The largest absolute Gasteiger partial charge is 0.464 e. The predicted molar refractivity (Wildman–Crippen MR) is 74.4 cm³/mol. The Kier molecular flexibility index (Phi) is 4.36. The normalized spacial score (nSPS) is 10.0. The van der Waals surface area contributed by atoms with Crippen LogP contribution in [0.2, 0.25) is 5.02 Å². The van der Waals surface area contributed by atoms with Crippen molar-refractivity contribution < 1.29 is 9.53 Å². The van der Waals surface area contributed by atoms with Gasteiger partial charge in [0.15, 0.2) is 0 Å². The zero-order valence-electron chi connectivity index (χ0n) is 10.4. The molecule has 1 heterocycles. The van der Waals surface area contributed by atoms with Crippen molar-refractivity contribution in [3.05, 3.63) is 58.9 Å². The van der Waals surface area contributed by atoms with Crippen molar-refractivity contribution >= 4 is 23.3 Å². The maximum absolute atomic E-state index is 11.4. The van der Waals surface area contributed by atoms with Crippen LogP contribution < -0.4 is 5.32 Å². The highest BCUT2D eigenvalue weighted by Crippen LogP contribution is 2.13. The van der Waals surface area contributed by atoms with E-state index in [4.69, 9.17) is 11.6 Å². The Bertz CT molecular complexity index is 570. The van der Waals surface area contributed by atoms with Crippen LogP contribution in [0.25, 0.3) is 0 Å². The molecule has 2 rings (SSSR count). The molecule has 5 heteroatoms. The van der Waals surface area contributed by atoms with Gasteiger partial charge in [0.1, 0.15) is 5.69 Å². The van der Waals surface area contributed by atoms with Crippen molar-refractivity contribution in [2.75, 3.05) is 12.4 Å². The average Bonchev–Trinajstić information content (AvgIpc) is 2.46. The molecule has 2 aromatic rings. The van der Waals surface area contributed by atoms with Gasteiger partial charge in [-0.1, -0.05) is 23.7 Å². The van der Waals surface area contributed by atoms with E-state index in [1.807, 2.05) is 24.3 Å². The number of nitrogens with zero attached hydrogens (tertiary/aromatic N) is 1. The number of carbonyl (C=O) groups is 1. The van der Waals surface area contributed by atoms with Crippen LogP contribution in [0.1, 0.15) is 16.1 Å². The number of hydrogen-bond acceptors (Lipinski definition) is 4. The molecule has 0 atom stereocenters. The highest BCUT2D eigenvalue weighted by atomic mass is 35.5. The van der Waals surface area contributed by atoms with Crippen molar-refractivity contribution in [1.29, 1.82) is 0 Å². The monoisotopic (exact) mass is 276 g/mol. The molecule has 0 radical (unpaired) electrons. The number of hydrogen-bond donors (Lipinski definition) is 1. The van der Waals surface area contributed by atoms with E-state index in [2.05, 4.69) is 15.0 Å². The summed E-state index contributed by atoms with van der Waals surface area (Å²) in [6, 6.07) is 11.0. The summed E-state index contributed by atoms with van der Waals surface area (Å²) in [4.78, 5) is 15.3. The van der Waals surface area contributed by atoms with Crippen LogP contribution in [0.4, 0.5) is 5.69 Å². The lowest BCUT2D eigenvalue weighted by Crippen LogP contribution is -2.06. The molecule has 0 aliphatic carbocycles. The third-order valence-electron chi connectivity index (χ3n) is 2.56. The van der Waals surface area contributed by atoms with Gasteiger partial charge in [0, 0.05) is 23.5 Å². The molecule has 19 heavy (non-hydrogen) atoms. The lowest BCUT2D eigenvalue weighted by Gasteiger charge is -2.07. The van der Waals surface area contributed by atoms with Crippen molar-refractivity contribution in [1.82, 2.24) is 4.98 Å². The fourth-order valence-electron chi connectivity index (χ4n) is 1.56. The molecule has 0 aliphatic heterocycles. The van der Waals surface area contributed by atoms with Gasteiger partial charge < -0.3 is 10.1 Å². The summed E-state index contributed by atoms with van der Waals surface area (Å²) in [5.74, 6) is -0.449. The van der Waals surface area contributed by atoms with E-state index < -0.39 is 5.97 Å². The number of halogens is 1. The smallest absolute Gasteiger partial charge is 0.356 e. The number of ether oxygens (including phenoxy) is 1. The highest BCUT2D eigenvalue weighted by molar-refractivity contribution is 6.30. The van der Waals surface area contributed by atoms with Gasteiger partial charge in [-0.25, -0.2) is 9.78 Å². The molecule has 0 saturated heterocycles. The number of anilines is 1. The summed E-state index contributed by atoms with van der Waals surface area (Å²) in [5, 5.41) is 3.92. The average molecular weight is 277 g/mol. The summed E-state index contributed by atoms with van der Waals surface area (Å²) in [7, 11) is 1.33. The van der Waals surface area contributed by atoms with Crippen molar-refractivity contribution in [3.8, 4) is 0 Å². The number of rotatable bonds is 4. The van der Waals surface area contributed by atoms with Gasteiger partial charge in [-0.2, -0.15) is 0 Å². The lowest BCUT2D eigenvalue weighted by atomic mass is 10.2. The molecule has 98 valence electrons. The van der Waals surface area contributed by atoms with Gasteiger partial charge >= 0.3 is 5.97 Å². The first-order valence-corrected chi connectivity index (χ1v) is 6.09. The van der Waals surface area contributed by atoms with Crippen LogP contribution in [0, 0.1) is 0 Å². The van der Waals surface area contributed by atoms with E-state index in [1.165, 1.54) is 7.11 Å². The number of methoxy groups -OCH3 is 1. The Balaban J connectivity index is 2.03. The zero-order valence-corrected chi connectivity index (χ0v) is 11.1. The van der Waals surface area contributed by atoms with Gasteiger partial charge in [0.25, 0.3) is 0 Å². The van der Waals surface area contributed by atoms with E-state index in [1.54, 1.807) is 18.3 Å². The first-order valence-electron chi connectivity index (χ1n) is 5.72. The van der Waals surface area contributed by atoms with Crippen molar-refractivity contribution in [2.45, 2.75) is 6.54 Å². The minimum Gasteiger partial charge on any atom is -0.464 e. The fourth-order valence-corrected chi connectivity index (χ4v) is 1.69. The quantitative estimate of drug-likeness (QED) is 0.872. The molecule has 0 saturated carbocycles. The summed E-state index contributed by atoms with van der Waals surface area (Å²) in [5.41, 5.74) is 2.19. The summed E-state index contributed by atoms with van der Waals surface area (Å²) < 4.78 is 4.62. The molecule has 0 unspecified atom stereocenters. The molecule has 1 N–H and O–H groups in total. The van der Waals surface area contributed by atoms with Gasteiger partial charge in [-0.15, -0.1) is 0 Å². The second-order valence-electron chi connectivity index (χ2n) is 3.90. The number of aromatic nitrogens is 1. The molecule has 1 aromatic heterocycles. The standard InChI is InChI=1S/C14H13ClN2O2/c1-19-14(18)13-8-12(6-7-16-13)17-9-10-2-4-11(15)5-3-10/h2-8H,9H2,1H3,(H,16,17). The van der Waals surface area contributed by atoms with Crippen LogP contribution >= 0.6 is 11.6 Å². The first-order chi connectivity index (χ1) is 9.19. The van der Waals surface area contributed by atoms with Gasteiger partial charge in [0.05, 0.1) is 7.11 Å². The maximum Gasteiger partial charge on any atom is 0.356 e. The Morgan fingerprint density at radius 2 is 2.05 bits per heavy atom. The van der Waals surface area contributed by atoms with E-state index in [0.29, 0.717) is 11.6 Å². The van der Waals surface area contributed by atoms with Crippen LogP contribution in [0.3, 0.4) is 0 Å². The van der Waals surface area contributed by atoms with Gasteiger partial charge in [0.2, 0.25) is 0 Å². The molecule has 0 amide bonds. The summed E-state index contributed by atoms with van der Waals surface area (Å²) in [6.07, 6.45) is 1.57. The minimum atomic E-state index is -0.449. The highest BCUT2D eigenvalue weighted by Gasteiger charge is 2.07. The Morgan fingerprint density at radius 3 is 2.74 bits per heavy atom. The lowest BCUT2D eigenvalue weighted by molar-refractivity contribution is 0.0594. The van der Waals surface area contributed by atoms with Crippen molar-refractivity contribution in [2.24, 2.45) is 0 Å². The third kappa shape index (κ3) is 3.69. The van der Waals surface area contributed by atoms with E-state index >= 15 is 0 Å². The number of nitrogens with one attached hydrogen (secondary N) is 1. The molecule has 0 spiro atoms. The predicted octanol–water partition coefficient (Wildman–Crippen LogP) is 3.13. The van der Waals surface area contributed by atoms with E-state index in [9.17, 15) is 4.79 Å². The second-order valence-corrected chi connectivity index (χ2v) is 4.34. The SMILES string of the molecule is COC(=O)c1cc(NCc2ccc(Cl)cc2)ccn1. The molecule has 1 aromatic carbocycles. The first kappa shape index (κ1) is 13.4. The second kappa shape index (κ2) is 6.20. The van der Waals surface area contributed by atoms with Crippen LogP contribution in [0.5, 0.6) is 0 Å². The minimum absolute atomic E-state index is 0.281. The Morgan fingerprint density at radius 1 is 1.32 bits per heavy atom. The molecule has 0 aliphatic rings. The van der Waals surface area contributed by atoms with Crippen LogP contribution in [0.15, 0.2) is 42.6 Å². The van der Waals surface area contributed by atoms with Crippen LogP contribution in [-0.2, 0) is 11.3 Å². The molecular formula is C14H13ClN2O2. The fraction of sp³-hybridized carbons (Fsp3) is 0.143. The van der Waals surface area contributed by atoms with Gasteiger partial charge in [-0.05, 0) is 29.8 Å². The summed E-state index contributed by atoms with van der Waals surface area (Å²) in [6.45, 7) is 0.641. The van der Waals surface area contributed by atoms with E-state index in [-0.39, 0.29) is 5.69 Å². The number of benzene rings is 1. The van der Waals surface area contributed by atoms with Gasteiger partial charge in [-0.3, -0.25) is 0 Å². The number of carbonyl (C=O) groups excluding carboxylic acids is 1. The molecule has 0 fully saturated rings. The van der Waals surface area contributed by atoms with Crippen molar-refractivity contribution in [3.63, 3.8) is 0 Å². The van der Waals surface area contributed by atoms with E-state index in [0.717, 1.165) is 11.3 Å².